The normalized spacial score (nSPS) is 21.5. The van der Waals surface area contributed by atoms with Gasteiger partial charge in [-0.15, -0.1) is 0 Å². The van der Waals surface area contributed by atoms with E-state index in [1.165, 1.54) is 41.5 Å². The first-order valence-electron chi connectivity index (χ1n) is 10.1. The van der Waals surface area contributed by atoms with Crippen molar-refractivity contribution in [1.82, 2.24) is 10.2 Å². The third-order valence-corrected chi connectivity index (χ3v) is 5.74. The highest BCUT2D eigenvalue weighted by Gasteiger charge is 2.29. The second-order valence-electron chi connectivity index (χ2n) is 9.15. The molecule has 0 spiro atoms. The zero-order valence-corrected chi connectivity index (χ0v) is 17.1. The van der Waals surface area contributed by atoms with Crippen LogP contribution in [-0.2, 0) is 17.8 Å². The Morgan fingerprint density at radius 3 is 2.58 bits per heavy atom. The highest BCUT2D eigenvalue weighted by atomic mass is 16.1. The number of nitrogens with one attached hydrogen (secondary N) is 1. The Balaban J connectivity index is 1.98. The SMILES string of the molecule is Cc1cc2c(cc1CN(C)C)C(=CC(=O)C1CCCCC1)NC(C)(C)C2. The molecule has 1 aliphatic heterocycles. The molecule has 0 amide bonds. The monoisotopic (exact) mass is 354 g/mol. The molecule has 3 heteroatoms. The van der Waals surface area contributed by atoms with E-state index in [-0.39, 0.29) is 11.5 Å². The molecule has 1 aromatic carbocycles. The number of allylic oxidation sites excluding steroid dienone is 1. The van der Waals surface area contributed by atoms with E-state index in [0.717, 1.165) is 31.5 Å². The Morgan fingerprint density at radius 2 is 1.92 bits per heavy atom. The molecular formula is C23H34N2O. The van der Waals surface area contributed by atoms with Gasteiger partial charge in [0.1, 0.15) is 0 Å². The lowest BCUT2D eigenvalue weighted by Crippen LogP contribution is -2.44. The zero-order valence-electron chi connectivity index (χ0n) is 17.1. The Bertz CT molecular complexity index is 709. The minimum atomic E-state index is -0.0266. The van der Waals surface area contributed by atoms with Crippen LogP contribution in [0.5, 0.6) is 0 Å². The average Bonchev–Trinajstić information content (AvgIpc) is 2.55. The lowest BCUT2D eigenvalue weighted by atomic mass is 9.82. The highest BCUT2D eigenvalue weighted by Crippen LogP contribution is 2.33. The summed E-state index contributed by atoms with van der Waals surface area (Å²) in [5.41, 5.74) is 6.25. The van der Waals surface area contributed by atoms with Gasteiger partial charge in [0.2, 0.25) is 0 Å². The van der Waals surface area contributed by atoms with Gasteiger partial charge in [-0.1, -0.05) is 25.3 Å². The summed E-state index contributed by atoms with van der Waals surface area (Å²) in [4.78, 5) is 15.1. The minimum Gasteiger partial charge on any atom is -0.379 e. The molecular weight excluding hydrogens is 320 g/mol. The fourth-order valence-electron chi connectivity index (χ4n) is 4.43. The standard InChI is InChI=1S/C23H34N2O/c1-16-11-18-14-23(2,3)24-21(20(18)12-19(16)15-25(4)5)13-22(26)17-9-7-6-8-10-17/h11-13,17,24H,6-10,14-15H2,1-5H3. The van der Waals surface area contributed by atoms with E-state index >= 15 is 0 Å². The van der Waals surface area contributed by atoms with Crippen LogP contribution in [0.3, 0.4) is 0 Å². The molecule has 3 nitrogen and oxygen atoms in total. The summed E-state index contributed by atoms with van der Waals surface area (Å²) in [7, 11) is 4.20. The van der Waals surface area contributed by atoms with Crippen LogP contribution in [-0.4, -0.2) is 30.3 Å². The lowest BCUT2D eigenvalue weighted by Gasteiger charge is -2.36. The van der Waals surface area contributed by atoms with E-state index in [1.807, 2.05) is 6.08 Å². The van der Waals surface area contributed by atoms with Gasteiger partial charge in [0.15, 0.2) is 5.78 Å². The Hall–Kier alpha value is -1.61. The number of carbonyl (C=O) groups excluding carboxylic acids is 1. The molecule has 1 N–H and O–H groups in total. The number of rotatable bonds is 4. The van der Waals surface area contributed by atoms with Crippen LogP contribution >= 0.6 is 0 Å². The van der Waals surface area contributed by atoms with E-state index in [4.69, 9.17) is 0 Å². The van der Waals surface area contributed by atoms with Crippen LogP contribution in [0.15, 0.2) is 18.2 Å². The largest absolute Gasteiger partial charge is 0.379 e. The molecule has 0 saturated heterocycles. The predicted molar refractivity (Wildman–Crippen MR) is 109 cm³/mol. The summed E-state index contributed by atoms with van der Waals surface area (Å²) in [6.45, 7) is 7.56. The van der Waals surface area contributed by atoms with Gasteiger partial charge in [-0.25, -0.2) is 0 Å². The second-order valence-corrected chi connectivity index (χ2v) is 9.15. The number of aryl methyl sites for hydroxylation is 1. The third-order valence-electron chi connectivity index (χ3n) is 5.74. The van der Waals surface area contributed by atoms with Crippen LogP contribution in [0.1, 0.15) is 68.2 Å². The number of nitrogens with zero attached hydrogens (tertiary/aromatic N) is 1. The van der Waals surface area contributed by atoms with Crippen molar-refractivity contribution in [2.24, 2.45) is 5.92 Å². The first-order valence-corrected chi connectivity index (χ1v) is 10.1. The first-order chi connectivity index (χ1) is 12.2. The molecule has 0 radical (unpaired) electrons. The van der Waals surface area contributed by atoms with Gasteiger partial charge in [0.25, 0.3) is 0 Å². The number of hydrogen-bond acceptors (Lipinski definition) is 3. The third kappa shape index (κ3) is 4.37. The molecule has 0 unspecified atom stereocenters. The van der Waals surface area contributed by atoms with Gasteiger partial charge in [-0.05, 0) is 76.9 Å². The zero-order chi connectivity index (χ0) is 18.9. The number of fused-ring (bicyclic) bond motifs is 1. The molecule has 142 valence electrons. The van der Waals surface area contributed by atoms with E-state index in [1.54, 1.807) is 0 Å². The molecule has 3 rings (SSSR count). The smallest absolute Gasteiger partial charge is 0.160 e. The Morgan fingerprint density at radius 1 is 1.23 bits per heavy atom. The van der Waals surface area contributed by atoms with Crippen molar-refractivity contribution in [3.63, 3.8) is 0 Å². The van der Waals surface area contributed by atoms with Crippen LogP contribution < -0.4 is 5.32 Å². The van der Waals surface area contributed by atoms with Crippen molar-refractivity contribution in [2.45, 2.75) is 71.4 Å². The van der Waals surface area contributed by atoms with Crippen LogP contribution in [0, 0.1) is 12.8 Å². The number of ketones is 1. The summed E-state index contributed by atoms with van der Waals surface area (Å²) in [6, 6.07) is 4.63. The molecule has 1 fully saturated rings. The number of benzene rings is 1. The van der Waals surface area contributed by atoms with Crippen molar-refractivity contribution in [1.29, 1.82) is 0 Å². The fourth-order valence-corrected chi connectivity index (χ4v) is 4.43. The van der Waals surface area contributed by atoms with Crippen LogP contribution in [0.4, 0.5) is 0 Å². The maximum atomic E-state index is 12.9. The van der Waals surface area contributed by atoms with E-state index in [2.05, 4.69) is 57.2 Å². The van der Waals surface area contributed by atoms with E-state index in [9.17, 15) is 4.79 Å². The summed E-state index contributed by atoms with van der Waals surface area (Å²) in [6.07, 6.45) is 8.67. The summed E-state index contributed by atoms with van der Waals surface area (Å²) in [5, 5.41) is 3.65. The predicted octanol–water partition coefficient (Wildman–Crippen LogP) is 4.47. The molecule has 1 aromatic rings. The van der Waals surface area contributed by atoms with Gasteiger partial charge in [-0.3, -0.25) is 4.79 Å². The molecule has 0 bridgehead atoms. The first kappa shape index (κ1) is 19.2. The molecule has 1 aliphatic carbocycles. The number of hydrogen-bond donors (Lipinski definition) is 1. The van der Waals surface area contributed by atoms with Crippen molar-refractivity contribution >= 4 is 11.5 Å². The van der Waals surface area contributed by atoms with Gasteiger partial charge < -0.3 is 10.2 Å². The van der Waals surface area contributed by atoms with Crippen molar-refractivity contribution in [2.75, 3.05) is 14.1 Å². The molecule has 26 heavy (non-hydrogen) atoms. The highest BCUT2D eigenvalue weighted by molar-refractivity contribution is 5.98. The molecule has 0 aromatic heterocycles. The molecule has 2 aliphatic rings. The average molecular weight is 355 g/mol. The van der Waals surface area contributed by atoms with Crippen molar-refractivity contribution < 1.29 is 4.79 Å². The maximum absolute atomic E-state index is 12.9. The van der Waals surface area contributed by atoms with Gasteiger partial charge in [-0.2, -0.15) is 0 Å². The minimum absolute atomic E-state index is 0.0266. The lowest BCUT2D eigenvalue weighted by molar-refractivity contribution is -0.119. The topological polar surface area (TPSA) is 32.3 Å². The Kier molecular flexibility index (Phi) is 5.57. The summed E-state index contributed by atoms with van der Waals surface area (Å²) in [5.74, 6) is 0.531. The summed E-state index contributed by atoms with van der Waals surface area (Å²) < 4.78 is 0. The van der Waals surface area contributed by atoms with Gasteiger partial charge >= 0.3 is 0 Å². The van der Waals surface area contributed by atoms with Crippen molar-refractivity contribution in [3.05, 3.63) is 40.5 Å². The quantitative estimate of drug-likeness (QED) is 0.810. The van der Waals surface area contributed by atoms with E-state index < -0.39 is 0 Å². The summed E-state index contributed by atoms with van der Waals surface area (Å²) >= 11 is 0. The van der Waals surface area contributed by atoms with Gasteiger partial charge in [0.05, 0.1) is 0 Å². The molecule has 1 heterocycles. The number of carbonyl (C=O) groups is 1. The molecule has 1 saturated carbocycles. The molecule has 0 atom stereocenters. The second kappa shape index (κ2) is 7.56. The van der Waals surface area contributed by atoms with Crippen LogP contribution in [0.2, 0.25) is 0 Å². The van der Waals surface area contributed by atoms with E-state index in [0.29, 0.717) is 5.78 Å². The fraction of sp³-hybridized carbons (Fsp3) is 0.609. The van der Waals surface area contributed by atoms with Crippen molar-refractivity contribution in [3.8, 4) is 0 Å². The Labute approximate surface area is 158 Å². The van der Waals surface area contributed by atoms with Gasteiger partial charge in [0, 0.05) is 35.3 Å². The van der Waals surface area contributed by atoms with Crippen LogP contribution in [0.25, 0.3) is 5.70 Å². The maximum Gasteiger partial charge on any atom is 0.160 e.